The second-order valence-electron chi connectivity index (χ2n) is 6.20. The Balaban J connectivity index is 1.85. The van der Waals surface area contributed by atoms with E-state index in [0.29, 0.717) is 38.8 Å². The molecule has 0 saturated carbocycles. The van der Waals surface area contributed by atoms with Crippen LogP contribution in [0.4, 0.5) is 5.69 Å². The van der Waals surface area contributed by atoms with E-state index in [0.717, 1.165) is 0 Å². The van der Waals surface area contributed by atoms with E-state index in [-0.39, 0.29) is 16.5 Å². The number of nitro groups is 1. The maximum Gasteiger partial charge on any atom is 0.274 e. The van der Waals surface area contributed by atoms with E-state index >= 15 is 0 Å². The molecule has 0 unspecified atom stereocenters. The summed E-state index contributed by atoms with van der Waals surface area (Å²) in [6, 6.07) is 14.7. The number of ether oxygens (including phenoxy) is 1. The molecular formula is C21H15Cl2NO4. The Hall–Kier alpha value is -2.89. The number of nitro benzene ring substituents is 1. The van der Waals surface area contributed by atoms with Gasteiger partial charge in [-0.25, -0.2) is 0 Å². The van der Waals surface area contributed by atoms with Crippen LogP contribution in [0, 0.1) is 24.0 Å². The van der Waals surface area contributed by atoms with E-state index in [1.54, 1.807) is 62.4 Å². The van der Waals surface area contributed by atoms with Crippen molar-refractivity contribution in [2.45, 2.75) is 13.8 Å². The van der Waals surface area contributed by atoms with Crippen molar-refractivity contribution < 1.29 is 14.5 Å². The molecule has 0 amide bonds. The Bertz CT molecular complexity index is 1060. The minimum Gasteiger partial charge on any atom is -0.456 e. The van der Waals surface area contributed by atoms with Crippen molar-refractivity contribution in [1.82, 2.24) is 0 Å². The van der Waals surface area contributed by atoms with Crippen LogP contribution in [-0.4, -0.2) is 10.7 Å². The first-order valence-electron chi connectivity index (χ1n) is 8.30. The number of carbonyl (C=O) groups is 1. The maximum atomic E-state index is 12.5. The zero-order valence-corrected chi connectivity index (χ0v) is 16.5. The Morgan fingerprint density at radius 2 is 1.50 bits per heavy atom. The molecule has 0 aromatic heterocycles. The molecule has 3 aromatic rings. The quantitative estimate of drug-likeness (QED) is 0.269. The van der Waals surface area contributed by atoms with Gasteiger partial charge in [0.25, 0.3) is 5.69 Å². The van der Waals surface area contributed by atoms with Crippen molar-refractivity contribution >= 4 is 34.7 Å². The first-order chi connectivity index (χ1) is 13.3. The van der Waals surface area contributed by atoms with Gasteiger partial charge in [0, 0.05) is 33.3 Å². The van der Waals surface area contributed by atoms with Gasteiger partial charge >= 0.3 is 0 Å². The molecule has 0 aliphatic rings. The lowest BCUT2D eigenvalue weighted by Crippen LogP contribution is -2.01. The van der Waals surface area contributed by atoms with E-state index < -0.39 is 4.92 Å². The molecule has 0 aliphatic heterocycles. The van der Waals surface area contributed by atoms with Crippen LogP contribution in [0.3, 0.4) is 0 Å². The lowest BCUT2D eigenvalue weighted by atomic mass is 10.0. The minimum absolute atomic E-state index is 0.0567. The first-order valence-corrected chi connectivity index (χ1v) is 9.06. The standard InChI is InChI=1S/C21H15Cl2NO4/c1-12-11-18(24(26)27)13(2)19(23)21(12)28-17-9-5-15(6-10-17)20(25)14-3-7-16(22)8-4-14/h3-11H,1-2H3. The number of halogens is 2. The van der Waals surface area contributed by atoms with Gasteiger partial charge in [0.15, 0.2) is 5.78 Å². The second kappa shape index (κ2) is 8.00. The summed E-state index contributed by atoms with van der Waals surface area (Å²) >= 11 is 12.1. The number of carbonyl (C=O) groups excluding carboxylic acids is 1. The van der Waals surface area contributed by atoms with Gasteiger partial charge in [-0.05, 0) is 62.4 Å². The Morgan fingerprint density at radius 1 is 0.964 bits per heavy atom. The summed E-state index contributed by atoms with van der Waals surface area (Å²) < 4.78 is 5.83. The minimum atomic E-state index is -0.477. The Labute approximate surface area is 171 Å². The van der Waals surface area contributed by atoms with Crippen LogP contribution in [0.1, 0.15) is 27.0 Å². The van der Waals surface area contributed by atoms with E-state index in [1.165, 1.54) is 6.07 Å². The molecule has 0 spiro atoms. The summed E-state index contributed by atoms with van der Waals surface area (Å²) in [7, 11) is 0. The molecule has 0 saturated heterocycles. The van der Waals surface area contributed by atoms with Crippen molar-refractivity contribution in [3.05, 3.63) is 97.0 Å². The normalized spacial score (nSPS) is 10.6. The summed E-state index contributed by atoms with van der Waals surface area (Å²) in [5.74, 6) is 0.677. The van der Waals surface area contributed by atoms with Gasteiger partial charge in [0.1, 0.15) is 11.5 Å². The predicted octanol–water partition coefficient (Wildman–Crippen LogP) is 6.54. The van der Waals surface area contributed by atoms with Crippen LogP contribution in [-0.2, 0) is 0 Å². The van der Waals surface area contributed by atoms with Crippen LogP contribution < -0.4 is 4.74 Å². The molecule has 142 valence electrons. The fourth-order valence-electron chi connectivity index (χ4n) is 2.71. The molecule has 0 bridgehead atoms. The fraction of sp³-hybridized carbons (Fsp3) is 0.0952. The fourth-order valence-corrected chi connectivity index (χ4v) is 3.12. The van der Waals surface area contributed by atoms with Gasteiger partial charge in [-0.1, -0.05) is 23.2 Å². The monoisotopic (exact) mass is 415 g/mol. The summed E-state index contributed by atoms with van der Waals surface area (Å²) in [6.07, 6.45) is 0. The molecule has 0 heterocycles. The first kappa shape index (κ1) is 19.9. The Kier molecular flexibility index (Phi) is 5.68. The van der Waals surface area contributed by atoms with Crippen LogP contribution in [0.15, 0.2) is 54.6 Å². The number of rotatable bonds is 5. The highest BCUT2D eigenvalue weighted by Gasteiger charge is 2.20. The van der Waals surface area contributed by atoms with E-state index in [1.807, 2.05) is 0 Å². The molecule has 3 rings (SSSR count). The van der Waals surface area contributed by atoms with Gasteiger partial charge in [-0.15, -0.1) is 0 Å². The lowest BCUT2D eigenvalue weighted by molar-refractivity contribution is -0.385. The highest BCUT2D eigenvalue weighted by molar-refractivity contribution is 6.33. The van der Waals surface area contributed by atoms with E-state index in [4.69, 9.17) is 27.9 Å². The van der Waals surface area contributed by atoms with Crippen molar-refractivity contribution in [2.75, 3.05) is 0 Å². The second-order valence-corrected chi connectivity index (χ2v) is 7.01. The third kappa shape index (κ3) is 4.01. The number of hydrogen-bond donors (Lipinski definition) is 0. The smallest absolute Gasteiger partial charge is 0.274 e. The summed E-state index contributed by atoms with van der Waals surface area (Å²) in [5, 5.41) is 11.8. The van der Waals surface area contributed by atoms with Gasteiger partial charge < -0.3 is 4.74 Å². The van der Waals surface area contributed by atoms with Gasteiger partial charge in [-0.3, -0.25) is 14.9 Å². The van der Waals surface area contributed by atoms with Crippen molar-refractivity contribution in [3.63, 3.8) is 0 Å². The number of benzene rings is 3. The highest BCUT2D eigenvalue weighted by Crippen LogP contribution is 2.39. The number of ketones is 1. The highest BCUT2D eigenvalue weighted by atomic mass is 35.5. The van der Waals surface area contributed by atoms with Crippen LogP contribution in [0.2, 0.25) is 10.0 Å². The van der Waals surface area contributed by atoms with Crippen molar-refractivity contribution in [1.29, 1.82) is 0 Å². The number of hydrogen-bond acceptors (Lipinski definition) is 4. The largest absolute Gasteiger partial charge is 0.456 e. The zero-order chi connectivity index (χ0) is 20.4. The Morgan fingerprint density at radius 3 is 2.04 bits per heavy atom. The molecule has 7 heteroatoms. The molecule has 28 heavy (non-hydrogen) atoms. The molecule has 0 fully saturated rings. The van der Waals surface area contributed by atoms with Crippen molar-refractivity contribution in [3.8, 4) is 11.5 Å². The summed E-state index contributed by atoms with van der Waals surface area (Å²) in [6.45, 7) is 3.26. The number of nitrogens with zero attached hydrogens (tertiary/aromatic N) is 1. The molecule has 3 aromatic carbocycles. The number of aryl methyl sites for hydroxylation is 1. The summed E-state index contributed by atoms with van der Waals surface area (Å²) in [5.41, 5.74) is 1.85. The molecule has 0 aliphatic carbocycles. The van der Waals surface area contributed by atoms with Crippen molar-refractivity contribution in [2.24, 2.45) is 0 Å². The molecule has 5 nitrogen and oxygen atoms in total. The molecule has 0 radical (unpaired) electrons. The third-order valence-electron chi connectivity index (χ3n) is 4.26. The van der Waals surface area contributed by atoms with E-state index in [2.05, 4.69) is 0 Å². The third-order valence-corrected chi connectivity index (χ3v) is 4.97. The van der Waals surface area contributed by atoms with E-state index in [9.17, 15) is 14.9 Å². The zero-order valence-electron chi connectivity index (χ0n) is 15.0. The van der Waals surface area contributed by atoms with Crippen LogP contribution in [0.5, 0.6) is 11.5 Å². The lowest BCUT2D eigenvalue weighted by Gasteiger charge is -2.13. The van der Waals surface area contributed by atoms with Crippen LogP contribution in [0.25, 0.3) is 0 Å². The predicted molar refractivity (Wildman–Crippen MR) is 109 cm³/mol. The maximum absolute atomic E-state index is 12.5. The molecule has 0 atom stereocenters. The molecular weight excluding hydrogens is 401 g/mol. The summed E-state index contributed by atoms with van der Waals surface area (Å²) in [4.78, 5) is 23.1. The van der Waals surface area contributed by atoms with Gasteiger partial charge in [0.2, 0.25) is 0 Å². The SMILES string of the molecule is Cc1cc([N+](=O)[O-])c(C)c(Cl)c1Oc1ccc(C(=O)c2ccc(Cl)cc2)cc1. The van der Waals surface area contributed by atoms with Gasteiger partial charge in [-0.2, -0.15) is 0 Å². The van der Waals surface area contributed by atoms with Gasteiger partial charge in [0.05, 0.1) is 9.95 Å². The van der Waals surface area contributed by atoms with Crippen LogP contribution >= 0.6 is 23.2 Å². The average molecular weight is 416 g/mol. The topological polar surface area (TPSA) is 69.4 Å². The average Bonchev–Trinajstić information content (AvgIpc) is 2.68. The molecule has 0 N–H and O–H groups in total.